The van der Waals surface area contributed by atoms with Crippen molar-refractivity contribution in [2.45, 2.75) is 26.3 Å². The Morgan fingerprint density at radius 2 is 2.17 bits per heavy atom. The molecule has 1 atom stereocenters. The summed E-state index contributed by atoms with van der Waals surface area (Å²) in [5.74, 6) is -0.367. The number of nitrogens with one attached hydrogen (secondary N) is 1. The molecule has 2 nitrogen and oxygen atoms in total. The topological polar surface area (TPSA) is 21.3 Å². The standard InChI is InChI=1S/C13H18BrClFNO/c1-3-17-11(7-8-18-4-2)9-5-6-10(14)12(15)13(9)16/h5-6,11,17H,3-4,7-8H2,1-2H3. The molecule has 1 unspecified atom stereocenters. The van der Waals surface area contributed by atoms with E-state index in [-0.39, 0.29) is 16.9 Å². The fraction of sp³-hybridized carbons (Fsp3) is 0.538. The first kappa shape index (κ1) is 15.9. The molecule has 0 bridgehead atoms. The lowest BCUT2D eigenvalue weighted by Crippen LogP contribution is -2.23. The van der Waals surface area contributed by atoms with Crippen LogP contribution in [-0.2, 0) is 4.74 Å². The maximum Gasteiger partial charge on any atom is 0.147 e. The van der Waals surface area contributed by atoms with Crippen molar-refractivity contribution in [3.8, 4) is 0 Å². The minimum absolute atomic E-state index is 0.0767. The number of halogens is 3. The van der Waals surface area contributed by atoms with E-state index in [9.17, 15) is 4.39 Å². The second kappa shape index (κ2) is 8.10. The van der Waals surface area contributed by atoms with Crippen molar-refractivity contribution in [1.29, 1.82) is 0 Å². The molecular weight excluding hydrogens is 321 g/mol. The third-order valence-corrected chi connectivity index (χ3v) is 3.90. The van der Waals surface area contributed by atoms with Gasteiger partial charge in [-0.25, -0.2) is 4.39 Å². The van der Waals surface area contributed by atoms with Gasteiger partial charge in [0.25, 0.3) is 0 Å². The lowest BCUT2D eigenvalue weighted by Gasteiger charge is -2.19. The molecule has 1 rings (SSSR count). The molecule has 1 aromatic rings. The molecule has 1 N–H and O–H groups in total. The predicted octanol–water partition coefficient (Wildman–Crippen LogP) is 4.32. The van der Waals surface area contributed by atoms with Gasteiger partial charge in [0.1, 0.15) is 5.82 Å². The molecule has 0 heterocycles. The summed E-state index contributed by atoms with van der Waals surface area (Å²) in [4.78, 5) is 0. The smallest absolute Gasteiger partial charge is 0.147 e. The van der Waals surface area contributed by atoms with Crippen LogP contribution in [0.2, 0.25) is 5.02 Å². The first-order valence-corrected chi connectivity index (χ1v) is 7.23. The zero-order valence-electron chi connectivity index (χ0n) is 10.6. The Kier molecular flexibility index (Phi) is 7.15. The van der Waals surface area contributed by atoms with Crippen molar-refractivity contribution in [3.63, 3.8) is 0 Å². The van der Waals surface area contributed by atoms with Gasteiger partial charge < -0.3 is 10.1 Å². The summed E-state index contributed by atoms with van der Waals surface area (Å²) in [5, 5.41) is 3.38. The molecule has 0 aliphatic rings. The Hall–Kier alpha value is -0.160. The Bertz CT molecular complexity index is 389. The Balaban J connectivity index is 2.87. The average molecular weight is 339 g/mol. The van der Waals surface area contributed by atoms with E-state index in [0.717, 1.165) is 13.0 Å². The van der Waals surface area contributed by atoms with Crippen LogP contribution in [0.3, 0.4) is 0 Å². The summed E-state index contributed by atoms with van der Waals surface area (Å²) in [6.45, 7) is 5.97. The summed E-state index contributed by atoms with van der Waals surface area (Å²) in [7, 11) is 0. The molecule has 0 spiro atoms. The van der Waals surface area contributed by atoms with Gasteiger partial charge in [0.2, 0.25) is 0 Å². The second-order valence-corrected chi connectivity index (χ2v) is 5.09. The quantitative estimate of drug-likeness (QED) is 0.590. The van der Waals surface area contributed by atoms with Crippen LogP contribution in [-0.4, -0.2) is 19.8 Å². The first-order chi connectivity index (χ1) is 8.61. The van der Waals surface area contributed by atoms with Crippen LogP contribution in [0.15, 0.2) is 16.6 Å². The summed E-state index contributed by atoms with van der Waals surface area (Å²) in [6.07, 6.45) is 0.719. The highest BCUT2D eigenvalue weighted by molar-refractivity contribution is 9.10. The maximum atomic E-state index is 14.1. The van der Waals surface area contributed by atoms with Crippen LogP contribution in [0.4, 0.5) is 4.39 Å². The molecule has 1 aromatic carbocycles. The molecule has 5 heteroatoms. The van der Waals surface area contributed by atoms with Gasteiger partial charge in [-0.15, -0.1) is 0 Å². The van der Waals surface area contributed by atoms with Crippen LogP contribution in [0, 0.1) is 5.82 Å². The van der Waals surface area contributed by atoms with Gasteiger partial charge >= 0.3 is 0 Å². The third kappa shape index (κ3) is 4.19. The largest absolute Gasteiger partial charge is 0.382 e. The fourth-order valence-corrected chi connectivity index (χ4v) is 2.25. The van der Waals surface area contributed by atoms with E-state index in [1.54, 1.807) is 12.1 Å². The van der Waals surface area contributed by atoms with Gasteiger partial charge in [-0.1, -0.05) is 24.6 Å². The van der Waals surface area contributed by atoms with E-state index < -0.39 is 0 Å². The Labute approximate surface area is 121 Å². The highest BCUT2D eigenvalue weighted by atomic mass is 79.9. The van der Waals surface area contributed by atoms with Crippen molar-refractivity contribution in [2.75, 3.05) is 19.8 Å². The van der Waals surface area contributed by atoms with Crippen LogP contribution in [0.25, 0.3) is 0 Å². The van der Waals surface area contributed by atoms with E-state index >= 15 is 0 Å². The van der Waals surface area contributed by atoms with E-state index in [0.29, 0.717) is 23.2 Å². The number of ether oxygens (including phenoxy) is 1. The van der Waals surface area contributed by atoms with Crippen LogP contribution in [0.1, 0.15) is 31.9 Å². The third-order valence-electron chi connectivity index (χ3n) is 2.65. The lowest BCUT2D eigenvalue weighted by molar-refractivity contribution is 0.136. The summed E-state index contributed by atoms with van der Waals surface area (Å²) < 4.78 is 20.0. The molecular formula is C13H18BrClFNO. The summed E-state index contributed by atoms with van der Waals surface area (Å²) in [6, 6.07) is 3.45. The van der Waals surface area contributed by atoms with E-state index in [1.807, 2.05) is 13.8 Å². The Morgan fingerprint density at radius 1 is 1.44 bits per heavy atom. The molecule has 0 aromatic heterocycles. The molecule has 0 saturated carbocycles. The molecule has 18 heavy (non-hydrogen) atoms. The lowest BCUT2D eigenvalue weighted by atomic mass is 10.0. The second-order valence-electron chi connectivity index (χ2n) is 3.86. The average Bonchev–Trinajstić information content (AvgIpc) is 2.36. The molecule has 102 valence electrons. The van der Waals surface area contributed by atoms with Gasteiger partial charge in [0, 0.05) is 29.3 Å². The van der Waals surface area contributed by atoms with E-state index in [2.05, 4.69) is 21.2 Å². The summed E-state index contributed by atoms with van der Waals surface area (Å²) >= 11 is 9.12. The predicted molar refractivity (Wildman–Crippen MR) is 76.6 cm³/mol. The monoisotopic (exact) mass is 337 g/mol. The Morgan fingerprint density at radius 3 is 2.78 bits per heavy atom. The number of hydrogen-bond donors (Lipinski definition) is 1. The normalized spacial score (nSPS) is 12.7. The molecule has 0 saturated heterocycles. The zero-order valence-corrected chi connectivity index (χ0v) is 12.9. The highest BCUT2D eigenvalue weighted by Gasteiger charge is 2.18. The number of benzene rings is 1. The first-order valence-electron chi connectivity index (χ1n) is 6.06. The van der Waals surface area contributed by atoms with Crippen molar-refractivity contribution < 1.29 is 9.13 Å². The molecule has 0 aliphatic heterocycles. The molecule has 0 aliphatic carbocycles. The van der Waals surface area contributed by atoms with Gasteiger partial charge in [0.05, 0.1) is 5.02 Å². The van der Waals surface area contributed by atoms with Gasteiger partial charge in [-0.2, -0.15) is 0 Å². The van der Waals surface area contributed by atoms with Crippen molar-refractivity contribution in [3.05, 3.63) is 33.0 Å². The zero-order chi connectivity index (χ0) is 13.5. The van der Waals surface area contributed by atoms with Crippen LogP contribution in [0.5, 0.6) is 0 Å². The molecule has 0 fully saturated rings. The SMILES string of the molecule is CCNC(CCOCC)c1ccc(Br)c(Cl)c1F. The van der Waals surface area contributed by atoms with Crippen LogP contribution < -0.4 is 5.32 Å². The van der Waals surface area contributed by atoms with E-state index in [1.165, 1.54) is 0 Å². The maximum absolute atomic E-state index is 14.1. The molecule has 0 radical (unpaired) electrons. The highest BCUT2D eigenvalue weighted by Crippen LogP contribution is 2.31. The van der Waals surface area contributed by atoms with Crippen molar-refractivity contribution >= 4 is 27.5 Å². The van der Waals surface area contributed by atoms with Crippen LogP contribution >= 0.6 is 27.5 Å². The van der Waals surface area contributed by atoms with Gasteiger partial charge in [0.15, 0.2) is 0 Å². The fourth-order valence-electron chi connectivity index (χ4n) is 1.77. The minimum atomic E-state index is -0.367. The minimum Gasteiger partial charge on any atom is -0.382 e. The number of rotatable bonds is 7. The van der Waals surface area contributed by atoms with Crippen molar-refractivity contribution in [2.24, 2.45) is 0 Å². The number of hydrogen-bond acceptors (Lipinski definition) is 2. The van der Waals surface area contributed by atoms with Gasteiger partial charge in [-0.3, -0.25) is 0 Å². The van der Waals surface area contributed by atoms with Gasteiger partial charge in [-0.05, 0) is 41.9 Å². The van der Waals surface area contributed by atoms with Crippen molar-refractivity contribution in [1.82, 2.24) is 5.32 Å². The molecule has 0 amide bonds. The van der Waals surface area contributed by atoms with E-state index in [4.69, 9.17) is 16.3 Å². The summed E-state index contributed by atoms with van der Waals surface area (Å²) in [5.41, 5.74) is 0.588.